The maximum Gasteiger partial charge on any atom is 0.0494 e. The van der Waals surface area contributed by atoms with Crippen LogP contribution in [0, 0.1) is 5.92 Å². The van der Waals surface area contributed by atoms with Gasteiger partial charge in [-0.1, -0.05) is 122 Å². The molecule has 0 radical (unpaired) electrons. The Morgan fingerprint density at radius 1 is 0.591 bits per heavy atom. The molecular formula is C22H36. The summed E-state index contributed by atoms with van der Waals surface area (Å²) in [5, 5.41) is 0. The second-order valence-electron chi connectivity index (χ2n) is 3.95. The van der Waals surface area contributed by atoms with Gasteiger partial charge in [0.1, 0.15) is 0 Å². The largest absolute Gasteiger partial charge is 0.0763 e. The predicted molar refractivity (Wildman–Crippen MR) is 104 cm³/mol. The van der Waals surface area contributed by atoms with Crippen LogP contribution in [0.25, 0.3) is 0 Å². The van der Waals surface area contributed by atoms with Gasteiger partial charge in [0, 0.05) is 11.3 Å². The Bertz CT molecular complexity index is 385. The van der Waals surface area contributed by atoms with E-state index in [1.54, 1.807) is 0 Å². The molecule has 0 heteroatoms. The van der Waals surface area contributed by atoms with Gasteiger partial charge >= 0.3 is 0 Å². The van der Waals surface area contributed by atoms with Crippen LogP contribution in [0.5, 0.6) is 0 Å². The Balaban J connectivity index is 0. The van der Waals surface area contributed by atoms with E-state index in [-0.39, 0.29) is 5.41 Å². The molecule has 0 heterocycles. The lowest BCUT2D eigenvalue weighted by Gasteiger charge is -2.32. The van der Waals surface area contributed by atoms with E-state index in [9.17, 15) is 0 Å². The molecule has 1 aromatic rings. The summed E-state index contributed by atoms with van der Waals surface area (Å²) in [6.07, 6.45) is 13.7. The quantitative estimate of drug-likeness (QED) is 0.476. The second-order valence-corrected chi connectivity index (χ2v) is 3.95. The zero-order valence-corrected chi connectivity index (χ0v) is 15.9. The highest BCUT2D eigenvalue weighted by Crippen LogP contribution is 2.37. The summed E-state index contributed by atoms with van der Waals surface area (Å²) in [5.74, 6) is 0.528. The number of benzene rings is 1. The lowest BCUT2D eigenvalue weighted by molar-refractivity contribution is 0.765. The van der Waals surface area contributed by atoms with Crippen molar-refractivity contribution < 1.29 is 0 Å². The molecule has 0 spiro atoms. The molecule has 4 rings (SSSR count). The van der Waals surface area contributed by atoms with E-state index in [1.165, 1.54) is 5.56 Å². The molecule has 0 N–H and O–H groups in total. The van der Waals surface area contributed by atoms with Crippen LogP contribution in [0.3, 0.4) is 0 Å². The summed E-state index contributed by atoms with van der Waals surface area (Å²) in [6.45, 7) is 16.0. The minimum atomic E-state index is 0.0377. The van der Waals surface area contributed by atoms with Crippen LogP contribution in [0.4, 0.5) is 0 Å². The van der Waals surface area contributed by atoms with Crippen molar-refractivity contribution in [1.29, 1.82) is 0 Å². The van der Waals surface area contributed by atoms with Crippen molar-refractivity contribution in [1.82, 2.24) is 0 Å². The highest BCUT2D eigenvalue weighted by atomic mass is 14.3. The van der Waals surface area contributed by atoms with E-state index in [4.69, 9.17) is 0 Å². The SMILES string of the molecule is C1=CC2(c3ccccc3)C=CC1C=C2.CC.CC.CC.CC. The first-order valence-electron chi connectivity index (χ1n) is 9.03. The molecular weight excluding hydrogens is 264 g/mol. The van der Waals surface area contributed by atoms with E-state index in [0.29, 0.717) is 5.92 Å². The fourth-order valence-corrected chi connectivity index (χ4v) is 2.19. The van der Waals surface area contributed by atoms with Crippen LogP contribution in [-0.2, 0) is 5.41 Å². The smallest absolute Gasteiger partial charge is 0.0494 e. The van der Waals surface area contributed by atoms with Crippen molar-refractivity contribution in [3.8, 4) is 0 Å². The van der Waals surface area contributed by atoms with Crippen LogP contribution in [0.1, 0.15) is 61.0 Å². The average molecular weight is 301 g/mol. The minimum absolute atomic E-state index is 0.0377. The fourth-order valence-electron chi connectivity index (χ4n) is 2.19. The van der Waals surface area contributed by atoms with Crippen molar-refractivity contribution in [2.45, 2.75) is 60.8 Å². The van der Waals surface area contributed by atoms with Gasteiger partial charge in [0.15, 0.2) is 0 Å². The van der Waals surface area contributed by atoms with Gasteiger partial charge in [-0.25, -0.2) is 0 Å². The maximum atomic E-state index is 2.30. The molecule has 3 aliphatic rings. The van der Waals surface area contributed by atoms with Gasteiger partial charge in [0.25, 0.3) is 0 Å². The van der Waals surface area contributed by atoms with Crippen LogP contribution in [0.15, 0.2) is 66.8 Å². The highest BCUT2D eigenvalue weighted by molar-refractivity contribution is 5.49. The first kappa shape index (κ1) is 22.7. The van der Waals surface area contributed by atoms with Gasteiger partial charge in [0.05, 0.1) is 0 Å². The van der Waals surface area contributed by atoms with Gasteiger partial charge in [-0.3, -0.25) is 0 Å². The zero-order chi connectivity index (χ0) is 17.4. The molecule has 3 aliphatic carbocycles. The third kappa shape index (κ3) is 6.05. The summed E-state index contributed by atoms with van der Waals surface area (Å²) < 4.78 is 0. The summed E-state index contributed by atoms with van der Waals surface area (Å²) in [5.41, 5.74) is 1.39. The Morgan fingerprint density at radius 3 is 1.32 bits per heavy atom. The molecule has 0 nitrogen and oxygen atoms in total. The van der Waals surface area contributed by atoms with Gasteiger partial charge in [-0.2, -0.15) is 0 Å². The first-order valence-corrected chi connectivity index (χ1v) is 9.03. The Labute approximate surface area is 139 Å². The number of hydrogen-bond donors (Lipinski definition) is 0. The summed E-state index contributed by atoms with van der Waals surface area (Å²) >= 11 is 0. The summed E-state index contributed by atoms with van der Waals surface area (Å²) in [7, 11) is 0. The number of rotatable bonds is 1. The zero-order valence-electron chi connectivity index (χ0n) is 15.9. The lowest BCUT2D eigenvalue weighted by Crippen LogP contribution is -2.24. The molecule has 0 fully saturated rings. The lowest BCUT2D eigenvalue weighted by atomic mass is 9.71. The van der Waals surface area contributed by atoms with E-state index in [1.807, 2.05) is 55.4 Å². The average Bonchev–Trinajstić information content (AvgIpc) is 2.70. The molecule has 0 atom stereocenters. The van der Waals surface area contributed by atoms with Crippen molar-refractivity contribution in [3.05, 3.63) is 72.4 Å². The van der Waals surface area contributed by atoms with Crippen LogP contribution in [-0.4, -0.2) is 0 Å². The number of allylic oxidation sites excluding steroid dienone is 6. The third-order valence-electron chi connectivity index (χ3n) is 3.06. The van der Waals surface area contributed by atoms with E-state index < -0.39 is 0 Å². The topological polar surface area (TPSA) is 0 Å². The Kier molecular flexibility index (Phi) is 14.8. The summed E-state index contributed by atoms with van der Waals surface area (Å²) in [4.78, 5) is 0. The molecule has 1 aromatic carbocycles. The van der Waals surface area contributed by atoms with E-state index >= 15 is 0 Å². The molecule has 0 unspecified atom stereocenters. The molecule has 124 valence electrons. The van der Waals surface area contributed by atoms with E-state index in [0.717, 1.165) is 0 Å². The second kappa shape index (κ2) is 14.4. The number of hydrogen-bond acceptors (Lipinski definition) is 0. The molecule has 0 saturated heterocycles. The molecule has 0 saturated carbocycles. The van der Waals surface area contributed by atoms with Crippen molar-refractivity contribution in [2.24, 2.45) is 5.92 Å². The minimum Gasteiger partial charge on any atom is -0.0763 e. The van der Waals surface area contributed by atoms with Crippen LogP contribution >= 0.6 is 0 Å². The Morgan fingerprint density at radius 2 is 0.955 bits per heavy atom. The Hall–Kier alpha value is -1.56. The highest BCUT2D eigenvalue weighted by Gasteiger charge is 2.28. The van der Waals surface area contributed by atoms with E-state index in [2.05, 4.69) is 66.8 Å². The maximum absolute atomic E-state index is 2.30. The molecule has 0 aliphatic heterocycles. The molecule has 2 bridgehead atoms. The van der Waals surface area contributed by atoms with Crippen molar-refractivity contribution in [2.75, 3.05) is 0 Å². The van der Waals surface area contributed by atoms with Gasteiger partial charge in [-0.15, -0.1) is 0 Å². The molecule has 0 amide bonds. The normalized spacial score (nSPS) is 21.7. The summed E-state index contributed by atoms with van der Waals surface area (Å²) in [6, 6.07) is 10.6. The monoisotopic (exact) mass is 300 g/mol. The molecule has 0 aromatic heterocycles. The standard InChI is InChI=1S/C14H12.4C2H6/c1-2-4-13(5-3-1)14-9-6-12(7-10-14)8-11-14;4*1-2/h1-12H;4*1-2H3. The first-order chi connectivity index (χ1) is 10.9. The van der Waals surface area contributed by atoms with Gasteiger partial charge in [0.2, 0.25) is 0 Å². The van der Waals surface area contributed by atoms with Crippen LogP contribution < -0.4 is 0 Å². The van der Waals surface area contributed by atoms with Crippen LogP contribution in [0.2, 0.25) is 0 Å². The fraction of sp³-hybridized carbons (Fsp3) is 0.455. The molecule has 22 heavy (non-hydrogen) atoms. The third-order valence-corrected chi connectivity index (χ3v) is 3.06. The van der Waals surface area contributed by atoms with Gasteiger partial charge < -0.3 is 0 Å². The predicted octanol–water partition coefficient (Wildman–Crippen LogP) is 7.34. The van der Waals surface area contributed by atoms with Gasteiger partial charge in [-0.05, 0) is 5.56 Å². The van der Waals surface area contributed by atoms with Crippen molar-refractivity contribution in [3.63, 3.8) is 0 Å². The van der Waals surface area contributed by atoms with Crippen molar-refractivity contribution >= 4 is 0 Å².